The Balaban J connectivity index is 1.85. The van der Waals surface area contributed by atoms with Crippen LogP contribution in [0.5, 0.6) is 0 Å². The van der Waals surface area contributed by atoms with Crippen LogP contribution in [0, 0.1) is 5.92 Å². The molecule has 1 atom stereocenters. The molecule has 20 heavy (non-hydrogen) atoms. The van der Waals surface area contributed by atoms with Crippen LogP contribution < -0.4 is 5.73 Å². The molecule has 2 N–H and O–H groups in total. The van der Waals surface area contributed by atoms with Gasteiger partial charge in [-0.05, 0) is 12.3 Å². The molecule has 2 heterocycles. The Morgan fingerprint density at radius 1 is 1.20 bits per heavy atom. The van der Waals surface area contributed by atoms with Crippen LogP contribution in [0.25, 0.3) is 0 Å². The summed E-state index contributed by atoms with van der Waals surface area (Å²) in [5.74, 6) is 0.509. The summed E-state index contributed by atoms with van der Waals surface area (Å²) < 4.78 is 5.24. The van der Waals surface area contributed by atoms with E-state index in [-0.39, 0.29) is 11.8 Å². The van der Waals surface area contributed by atoms with Gasteiger partial charge in [-0.15, -0.1) is 0 Å². The lowest BCUT2D eigenvalue weighted by Crippen LogP contribution is -2.60. The fourth-order valence-electron chi connectivity index (χ4n) is 2.70. The van der Waals surface area contributed by atoms with E-state index < -0.39 is 5.54 Å². The number of rotatable bonds is 3. The molecule has 2 amide bonds. The fraction of sp³-hybridized carbons (Fsp3) is 0.857. The van der Waals surface area contributed by atoms with Gasteiger partial charge in [0.2, 0.25) is 11.8 Å². The van der Waals surface area contributed by atoms with Gasteiger partial charge < -0.3 is 20.3 Å². The Kier molecular flexibility index (Phi) is 4.65. The summed E-state index contributed by atoms with van der Waals surface area (Å²) in [6.45, 7) is 7.28. The van der Waals surface area contributed by atoms with Crippen LogP contribution in [0.3, 0.4) is 0 Å². The van der Waals surface area contributed by atoms with Gasteiger partial charge in [0.25, 0.3) is 0 Å². The smallest absolute Gasteiger partial charge is 0.245 e. The maximum Gasteiger partial charge on any atom is 0.245 e. The molecule has 0 aromatic heterocycles. The molecular formula is C14H25N3O3. The summed E-state index contributed by atoms with van der Waals surface area (Å²) in [5.41, 5.74) is 5.24. The molecule has 6 nitrogen and oxygen atoms in total. The zero-order valence-electron chi connectivity index (χ0n) is 12.4. The van der Waals surface area contributed by atoms with E-state index in [0.29, 0.717) is 58.2 Å². The van der Waals surface area contributed by atoms with Crippen molar-refractivity contribution >= 4 is 11.8 Å². The normalized spacial score (nSPS) is 27.2. The Bertz CT molecular complexity index is 370. The first-order valence-electron chi connectivity index (χ1n) is 7.36. The average Bonchev–Trinajstić information content (AvgIpc) is 2.85. The van der Waals surface area contributed by atoms with Gasteiger partial charge in [0.1, 0.15) is 5.54 Å². The minimum absolute atomic E-state index is 0.0361. The second kappa shape index (κ2) is 6.10. The topological polar surface area (TPSA) is 75.9 Å². The van der Waals surface area contributed by atoms with Gasteiger partial charge in [-0.1, -0.05) is 13.8 Å². The Labute approximate surface area is 120 Å². The van der Waals surface area contributed by atoms with E-state index in [2.05, 4.69) is 0 Å². The van der Waals surface area contributed by atoms with E-state index in [1.165, 1.54) is 0 Å². The van der Waals surface area contributed by atoms with Gasteiger partial charge in [0.05, 0.1) is 6.61 Å². The number of hydrogen-bond donors (Lipinski definition) is 1. The van der Waals surface area contributed by atoms with Gasteiger partial charge in [0, 0.05) is 39.2 Å². The summed E-state index contributed by atoms with van der Waals surface area (Å²) in [5, 5.41) is 0. The van der Waals surface area contributed by atoms with E-state index in [9.17, 15) is 9.59 Å². The van der Waals surface area contributed by atoms with Gasteiger partial charge in [-0.2, -0.15) is 0 Å². The zero-order chi connectivity index (χ0) is 14.8. The molecule has 2 aliphatic heterocycles. The van der Waals surface area contributed by atoms with Crippen molar-refractivity contribution in [2.45, 2.75) is 32.2 Å². The van der Waals surface area contributed by atoms with E-state index in [1.807, 2.05) is 18.7 Å². The van der Waals surface area contributed by atoms with Crippen LogP contribution in [0.15, 0.2) is 0 Å². The molecule has 6 heteroatoms. The predicted octanol–water partition coefficient (Wildman–Crippen LogP) is -0.179. The SMILES string of the molecule is CC(C)CC(=O)N1CCN(C(=O)C2(N)CCOC2)CC1. The molecule has 2 aliphatic rings. The summed E-state index contributed by atoms with van der Waals surface area (Å²) in [6.07, 6.45) is 1.15. The van der Waals surface area contributed by atoms with Crippen molar-refractivity contribution in [2.24, 2.45) is 11.7 Å². The fourth-order valence-corrected chi connectivity index (χ4v) is 2.70. The zero-order valence-corrected chi connectivity index (χ0v) is 12.4. The number of hydrogen-bond acceptors (Lipinski definition) is 4. The minimum atomic E-state index is -0.857. The number of carbonyl (C=O) groups is 2. The summed E-state index contributed by atoms with van der Waals surface area (Å²) in [6, 6.07) is 0. The van der Waals surface area contributed by atoms with E-state index >= 15 is 0 Å². The molecule has 0 aliphatic carbocycles. The molecule has 114 valence electrons. The van der Waals surface area contributed by atoms with Crippen molar-refractivity contribution in [3.8, 4) is 0 Å². The summed E-state index contributed by atoms with van der Waals surface area (Å²) in [7, 11) is 0. The second-order valence-electron chi connectivity index (χ2n) is 6.23. The molecule has 1 unspecified atom stereocenters. The van der Waals surface area contributed by atoms with Crippen molar-refractivity contribution in [2.75, 3.05) is 39.4 Å². The number of ether oxygens (including phenoxy) is 1. The van der Waals surface area contributed by atoms with Crippen LogP contribution >= 0.6 is 0 Å². The number of amides is 2. The van der Waals surface area contributed by atoms with Crippen LogP contribution in [0.4, 0.5) is 0 Å². The monoisotopic (exact) mass is 283 g/mol. The molecule has 0 aromatic rings. The van der Waals surface area contributed by atoms with Crippen LogP contribution in [-0.4, -0.2) is 66.5 Å². The summed E-state index contributed by atoms with van der Waals surface area (Å²) >= 11 is 0. The first-order chi connectivity index (χ1) is 9.42. The lowest BCUT2D eigenvalue weighted by atomic mass is 9.98. The van der Waals surface area contributed by atoms with Crippen molar-refractivity contribution in [3.63, 3.8) is 0 Å². The Morgan fingerprint density at radius 3 is 2.30 bits per heavy atom. The van der Waals surface area contributed by atoms with Crippen molar-refractivity contribution in [1.82, 2.24) is 9.80 Å². The quantitative estimate of drug-likeness (QED) is 0.779. The van der Waals surface area contributed by atoms with Crippen molar-refractivity contribution in [3.05, 3.63) is 0 Å². The standard InChI is InChI=1S/C14H25N3O3/c1-11(2)9-12(18)16-4-6-17(7-5-16)13(19)14(15)3-8-20-10-14/h11H,3-10,15H2,1-2H3. The maximum absolute atomic E-state index is 12.4. The molecular weight excluding hydrogens is 258 g/mol. The van der Waals surface area contributed by atoms with E-state index in [0.717, 1.165) is 0 Å². The third-order valence-corrected chi connectivity index (χ3v) is 3.98. The largest absolute Gasteiger partial charge is 0.379 e. The van der Waals surface area contributed by atoms with Crippen molar-refractivity contribution in [1.29, 1.82) is 0 Å². The molecule has 0 radical (unpaired) electrons. The number of nitrogens with zero attached hydrogens (tertiary/aromatic N) is 2. The summed E-state index contributed by atoms with van der Waals surface area (Å²) in [4.78, 5) is 28.0. The Morgan fingerprint density at radius 2 is 1.80 bits per heavy atom. The molecule has 2 fully saturated rings. The highest BCUT2D eigenvalue weighted by atomic mass is 16.5. The first-order valence-corrected chi connectivity index (χ1v) is 7.36. The maximum atomic E-state index is 12.4. The molecule has 0 saturated carbocycles. The molecule has 2 saturated heterocycles. The predicted molar refractivity (Wildman–Crippen MR) is 75.0 cm³/mol. The third-order valence-electron chi connectivity index (χ3n) is 3.98. The lowest BCUT2D eigenvalue weighted by Gasteiger charge is -2.38. The van der Waals surface area contributed by atoms with Crippen molar-refractivity contribution < 1.29 is 14.3 Å². The minimum Gasteiger partial charge on any atom is -0.379 e. The number of piperazine rings is 1. The first kappa shape index (κ1) is 15.3. The van der Waals surface area contributed by atoms with Gasteiger partial charge in [-0.3, -0.25) is 9.59 Å². The molecule has 0 bridgehead atoms. The highest BCUT2D eigenvalue weighted by Gasteiger charge is 2.41. The second-order valence-corrected chi connectivity index (χ2v) is 6.23. The van der Waals surface area contributed by atoms with Crippen LogP contribution in [-0.2, 0) is 14.3 Å². The highest BCUT2D eigenvalue weighted by molar-refractivity contribution is 5.87. The lowest BCUT2D eigenvalue weighted by molar-refractivity contribution is -0.143. The third kappa shape index (κ3) is 3.30. The van der Waals surface area contributed by atoms with Crippen LogP contribution in [0.1, 0.15) is 26.7 Å². The van der Waals surface area contributed by atoms with Gasteiger partial charge >= 0.3 is 0 Å². The van der Waals surface area contributed by atoms with E-state index in [1.54, 1.807) is 4.90 Å². The van der Waals surface area contributed by atoms with Gasteiger partial charge in [-0.25, -0.2) is 0 Å². The number of nitrogens with two attached hydrogens (primary N) is 1. The van der Waals surface area contributed by atoms with Gasteiger partial charge in [0.15, 0.2) is 0 Å². The molecule has 0 spiro atoms. The highest BCUT2D eigenvalue weighted by Crippen LogP contribution is 2.19. The van der Waals surface area contributed by atoms with Crippen LogP contribution in [0.2, 0.25) is 0 Å². The Hall–Kier alpha value is -1.14. The molecule has 0 aromatic carbocycles. The average molecular weight is 283 g/mol. The van der Waals surface area contributed by atoms with E-state index in [4.69, 9.17) is 10.5 Å². The molecule has 2 rings (SSSR count). The number of carbonyl (C=O) groups excluding carboxylic acids is 2.